The van der Waals surface area contributed by atoms with Gasteiger partial charge in [0.25, 0.3) is 0 Å². The first-order valence-corrected chi connectivity index (χ1v) is 27.4. The summed E-state index contributed by atoms with van der Waals surface area (Å²) in [5.74, 6) is -0.693. The number of unbranched alkanes of at least 4 members (excludes halogenated alkanes) is 35. The van der Waals surface area contributed by atoms with Crippen LogP contribution in [0.4, 0.5) is 0 Å². The molecule has 11 nitrogen and oxygen atoms in total. The van der Waals surface area contributed by atoms with Crippen molar-refractivity contribution >= 4 is 5.91 Å². The average molecular weight is 916 g/mol. The molecule has 1 fully saturated rings. The van der Waals surface area contributed by atoms with Gasteiger partial charge in [-0.2, -0.15) is 0 Å². The van der Waals surface area contributed by atoms with Crippen LogP contribution in [0.1, 0.15) is 264 Å². The van der Waals surface area contributed by atoms with E-state index in [9.17, 15) is 40.5 Å². The lowest BCUT2D eigenvalue weighted by Crippen LogP contribution is -2.60. The van der Waals surface area contributed by atoms with Crippen molar-refractivity contribution < 1.29 is 50.0 Å². The predicted octanol–water partition coefficient (Wildman–Crippen LogP) is 10.6. The molecular formula is C53H105NO10. The van der Waals surface area contributed by atoms with Crippen LogP contribution in [0.5, 0.6) is 0 Å². The molecule has 1 rings (SSSR count). The Morgan fingerprint density at radius 2 is 0.812 bits per heavy atom. The second-order valence-electron chi connectivity index (χ2n) is 19.7. The molecule has 0 radical (unpaired) electrons. The van der Waals surface area contributed by atoms with Crippen LogP contribution in [0.15, 0.2) is 0 Å². The van der Waals surface area contributed by atoms with Crippen molar-refractivity contribution in [1.82, 2.24) is 5.32 Å². The van der Waals surface area contributed by atoms with Crippen LogP contribution in [-0.2, 0) is 14.3 Å². The molecule has 0 bridgehead atoms. The third kappa shape index (κ3) is 32.0. The minimum Gasteiger partial charge on any atom is -0.394 e. The molecule has 8 N–H and O–H groups in total. The zero-order valence-corrected chi connectivity index (χ0v) is 41.5. The fourth-order valence-corrected chi connectivity index (χ4v) is 9.15. The van der Waals surface area contributed by atoms with Crippen LogP contribution in [0.2, 0.25) is 0 Å². The quantitative estimate of drug-likeness (QED) is 0.0273. The molecule has 1 aliphatic heterocycles. The zero-order chi connectivity index (χ0) is 46.9. The summed E-state index contributed by atoms with van der Waals surface area (Å²) in [5.41, 5.74) is 0. The number of carbonyl (C=O) groups excluding carboxylic acids is 1. The maximum Gasteiger partial charge on any atom is 0.249 e. The number of ether oxygens (including phenoxy) is 2. The number of hydrogen-bond acceptors (Lipinski definition) is 10. The Balaban J connectivity index is 2.28. The van der Waals surface area contributed by atoms with Gasteiger partial charge in [0.2, 0.25) is 5.91 Å². The van der Waals surface area contributed by atoms with E-state index in [1.165, 1.54) is 186 Å². The Hall–Kier alpha value is -0.890. The number of aliphatic hydroxyl groups is 7. The molecule has 9 unspecified atom stereocenters. The van der Waals surface area contributed by atoms with Crippen molar-refractivity contribution in [3.63, 3.8) is 0 Å². The standard InChI is InChI=1S/C53H105NO10/c1-3-5-7-9-11-13-15-17-18-19-20-21-22-23-24-25-26-27-28-29-31-32-34-36-38-40-45(56)48(58)44(43-63-53-51(61)50(60)49(59)47(42-55)64-53)54-52(62)46(57)41-39-37-35-33-30-16-14-12-10-8-6-4-2/h44-51,53,55-61H,3-43H2,1-2H3,(H,54,62). The van der Waals surface area contributed by atoms with Crippen molar-refractivity contribution in [2.75, 3.05) is 13.2 Å². The fraction of sp³-hybridized carbons (Fsp3) is 0.981. The third-order valence-corrected chi connectivity index (χ3v) is 13.7. The fourth-order valence-electron chi connectivity index (χ4n) is 9.15. The molecular weight excluding hydrogens is 811 g/mol. The number of hydrogen-bond donors (Lipinski definition) is 8. The van der Waals surface area contributed by atoms with E-state index in [0.717, 1.165) is 38.5 Å². The molecule has 64 heavy (non-hydrogen) atoms. The van der Waals surface area contributed by atoms with Crippen LogP contribution >= 0.6 is 0 Å². The van der Waals surface area contributed by atoms with Crippen molar-refractivity contribution in [1.29, 1.82) is 0 Å². The summed E-state index contributed by atoms with van der Waals surface area (Å²) in [6.45, 7) is 3.47. The van der Waals surface area contributed by atoms with Gasteiger partial charge in [-0.15, -0.1) is 0 Å². The van der Waals surface area contributed by atoms with E-state index in [1.54, 1.807) is 0 Å². The summed E-state index contributed by atoms with van der Waals surface area (Å²) in [6.07, 6.45) is 35.9. The molecule has 1 amide bonds. The number of carbonyl (C=O) groups is 1. The van der Waals surface area contributed by atoms with Gasteiger partial charge in [0.15, 0.2) is 6.29 Å². The second-order valence-corrected chi connectivity index (χ2v) is 19.7. The van der Waals surface area contributed by atoms with E-state index in [4.69, 9.17) is 9.47 Å². The van der Waals surface area contributed by atoms with Crippen molar-refractivity contribution in [2.24, 2.45) is 0 Å². The van der Waals surface area contributed by atoms with Gasteiger partial charge in [-0.1, -0.05) is 251 Å². The first-order chi connectivity index (χ1) is 31.2. The maximum absolute atomic E-state index is 13.1. The average Bonchev–Trinajstić information content (AvgIpc) is 3.29. The molecule has 0 spiro atoms. The molecule has 1 saturated heterocycles. The molecule has 9 atom stereocenters. The maximum atomic E-state index is 13.1. The summed E-state index contributed by atoms with van der Waals surface area (Å²) in [7, 11) is 0. The van der Waals surface area contributed by atoms with Gasteiger partial charge in [-0.05, 0) is 12.8 Å². The molecule has 11 heteroatoms. The number of amides is 1. The highest BCUT2D eigenvalue weighted by Crippen LogP contribution is 2.23. The van der Waals surface area contributed by atoms with Gasteiger partial charge in [0.1, 0.15) is 36.6 Å². The van der Waals surface area contributed by atoms with Crippen molar-refractivity contribution in [3.05, 3.63) is 0 Å². The molecule has 0 aromatic carbocycles. The van der Waals surface area contributed by atoms with Gasteiger partial charge in [0, 0.05) is 0 Å². The highest BCUT2D eigenvalue weighted by Gasteiger charge is 2.44. The summed E-state index contributed by atoms with van der Waals surface area (Å²) < 4.78 is 11.1. The van der Waals surface area contributed by atoms with E-state index in [2.05, 4.69) is 19.2 Å². The number of rotatable bonds is 47. The van der Waals surface area contributed by atoms with Gasteiger partial charge in [0.05, 0.1) is 25.4 Å². The summed E-state index contributed by atoms with van der Waals surface area (Å²) >= 11 is 0. The minimum atomic E-state index is -1.66. The highest BCUT2D eigenvalue weighted by molar-refractivity contribution is 5.80. The Kier molecular flexibility index (Phi) is 41.4. The SMILES string of the molecule is CCCCCCCCCCCCCCCCCCCCCCCCCCCC(O)C(O)C(COC1OC(CO)C(O)C(O)C1O)NC(=O)C(O)CCCCCCCCCCCCCC. The molecule has 0 aromatic heterocycles. The Morgan fingerprint density at radius 1 is 0.484 bits per heavy atom. The van der Waals surface area contributed by atoms with E-state index < -0.39 is 74.2 Å². The lowest BCUT2D eigenvalue weighted by atomic mass is 9.98. The van der Waals surface area contributed by atoms with Crippen LogP contribution in [-0.4, -0.2) is 110 Å². The summed E-state index contributed by atoms with van der Waals surface area (Å²) in [5, 5.41) is 75.9. The molecule has 0 aromatic rings. The third-order valence-electron chi connectivity index (χ3n) is 13.7. The van der Waals surface area contributed by atoms with E-state index >= 15 is 0 Å². The molecule has 0 saturated carbocycles. The van der Waals surface area contributed by atoms with E-state index in [1.807, 2.05) is 0 Å². The first kappa shape index (κ1) is 61.1. The molecule has 0 aliphatic carbocycles. The van der Waals surface area contributed by atoms with Crippen LogP contribution in [0.25, 0.3) is 0 Å². The second kappa shape index (κ2) is 43.4. The van der Waals surface area contributed by atoms with Gasteiger partial charge in [-0.3, -0.25) is 4.79 Å². The molecule has 382 valence electrons. The first-order valence-electron chi connectivity index (χ1n) is 27.4. The Morgan fingerprint density at radius 3 is 1.16 bits per heavy atom. The minimum absolute atomic E-state index is 0.266. The summed E-state index contributed by atoms with van der Waals surface area (Å²) in [6, 6.07) is -1.16. The monoisotopic (exact) mass is 916 g/mol. The zero-order valence-electron chi connectivity index (χ0n) is 41.5. The lowest BCUT2D eigenvalue weighted by Gasteiger charge is -2.40. The smallest absolute Gasteiger partial charge is 0.249 e. The molecule has 1 heterocycles. The largest absolute Gasteiger partial charge is 0.394 e. The lowest BCUT2D eigenvalue weighted by molar-refractivity contribution is -0.303. The van der Waals surface area contributed by atoms with Gasteiger partial charge >= 0.3 is 0 Å². The van der Waals surface area contributed by atoms with E-state index in [0.29, 0.717) is 19.3 Å². The Bertz CT molecular complexity index is 1010. The molecule has 1 aliphatic rings. The predicted molar refractivity (Wildman–Crippen MR) is 261 cm³/mol. The normalized spacial score (nSPS) is 20.9. The van der Waals surface area contributed by atoms with Gasteiger partial charge < -0.3 is 50.5 Å². The van der Waals surface area contributed by atoms with Crippen molar-refractivity contribution in [3.8, 4) is 0 Å². The van der Waals surface area contributed by atoms with Crippen LogP contribution < -0.4 is 5.32 Å². The Labute approximate surface area is 392 Å². The summed E-state index contributed by atoms with van der Waals surface area (Å²) in [4.78, 5) is 13.1. The van der Waals surface area contributed by atoms with Crippen LogP contribution in [0, 0.1) is 0 Å². The van der Waals surface area contributed by atoms with E-state index in [-0.39, 0.29) is 6.42 Å². The van der Waals surface area contributed by atoms with Crippen LogP contribution in [0.3, 0.4) is 0 Å². The van der Waals surface area contributed by atoms with Gasteiger partial charge in [-0.25, -0.2) is 0 Å². The topological polar surface area (TPSA) is 189 Å². The number of nitrogens with one attached hydrogen (secondary N) is 1. The highest BCUT2D eigenvalue weighted by atomic mass is 16.7. The van der Waals surface area contributed by atoms with Crippen molar-refractivity contribution in [2.45, 2.75) is 319 Å². The number of aliphatic hydroxyl groups excluding tert-OH is 7.